The standard InChI is InChI=1S/C20H19ClN6O2/c1-3-15(27-19(20(23)29)9-18(25-27)12(2)28)11-26-7-6-17(24-26)13-4-5-14(10-22)16(21)8-13/h4-9,15H,3,11H2,1-2H3,(H2,23,29)/t15-/m0/s1. The van der Waals surface area contributed by atoms with Crippen molar-refractivity contribution in [1.29, 1.82) is 5.26 Å². The molecule has 1 amide bonds. The Balaban J connectivity index is 1.88. The van der Waals surface area contributed by atoms with E-state index in [1.807, 2.05) is 25.3 Å². The van der Waals surface area contributed by atoms with E-state index in [0.717, 1.165) is 5.56 Å². The highest BCUT2D eigenvalue weighted by Crippen LogP contribution is 2.25. The van der Waals surface area contributed by atoms with Crippen LogP contribution in [0.5, 0.6) is 0 Å². The Labute approximate surface area is 172 Å². The van der Waals surface area contributed by atoms with Crippen LogP contribution in [0.2, 0.25) is 5.02 Å². The highest BCUT2D eigenvalue weighted by atomic mass is 35.5. The van der Waals surface area contributed by atoms with Gasteiger partial charge in [0.1, 0.15) is 17.5 Å². The lowest BCUT2D eigenvalue weighted by molar-refractivity contribution is 0.0982. The van der Waals surface area contributed by atoms with Crippen molar-refractivity contribution in [2.75, 3.05) is 0 Å². The number of primary amides is 1. The van der Waals surface area contributed by atoms with E-state index in [1.54, 1.807) is 22.9 Å². The van der Waals surface area contributed by atoms with Crippen LogP contribution in [0.25, 0.3) is 11.3 Å². The molecule has 0 saturated heterocycles. The second-order valence-corrected chi connectivity index (χ2v) is 6.98. The van der Waals surface area contributed by atoms with Crippen LogP contribution < -0.4 is 5.73 Å². The fourth-order valence-electron chi connectivity index (χ4n) is 3.01. The summed E-state index contributed by atoms with van der Waals surface area (Å²) in [5, 5.41) is 18.2. The van der Waals surface area contributed by atoms with Crippen LogP contribution >= 0.6 is 11.6 Å². The summed E-state index contributed by atoms with van der Waals surface area (Å²) in [5.74, 6) is -0.878. The minimum Gasteiger partial charge on any atom is -0.364 e. The second kappa shape index (κ2) is 8.29. The van der Waals surface area contributed by atoms with Gasteiger partial charge in [0, 0.05) is 24.8 Å². The van der Waals surface area contributed by atoms with E-state index >= 15 is 0 Å². The minimum atomic E-state index is -0.642. The van der Waals surface area contributed by atoms with Gasteiger partial charge >= 0.3 is 0 Å². The molecular formula is C20H19ClN6O2. The molecule has 0 aliphatic carbocycles. The molecule has 0 fully saturated rings. The highest BCUT2D eigenvalue weighted by molar-refractivity contribution is 6.32. The van der Waals surface area contributed by atoms with Gasteiger partial charge in [-0.1, -0.05) is 24.6 Å². The van der Waals surface area contributed by atoms with Gasteiger partial charge in [-0.2, -0.15) is 15.5 Å². The summed E-state index contributed by atoms with van der Waals surface area (Å²) in [6.45, 7) is 3.77. The number of halogens is 1. The van der Waals surface area contributed by atoms with E-state index in [4.69, 9.17) is 22.6 Å². The van der Waals surface area contributed by atoms with Gasteiger partial charge in [0.2, 0.25) is 0 Å². The molecule has 3 aromatic rings. The smallest absolute Gasteiger partial charge is 0.267 e. The van der Waals surface area contributed by atoms with E-state index in [0.29, 0.717) is 29.2 Å². The Bertz CT molecular complexity index is 1120. The summed E-state index contributed by atoms with van der Waals surface area (Å²) < 4.78 is 3.23. The quantitative estimate of drug-likeness (QED) is 0.599. The zero-order valence-electron chi connectivity index (χ0n) is 16.0. The number of Topliss-reactive ketones (excluding diaryl/α,β-unsaturated/α-hetero) is 1. The van der Waals surface area contributed by atoms with Gasteiger partial charge in [-0.05, 0) is 24.6 Å². The summed E-state index contributed by atoms with van der Waals surface area (Å²) >= 11 is 6.11. The zero-order chi connectivity index (χ0) is 21.1. The van der Waals surface area contributed by atoms with Crippen LogP contribution in [0.3, 0.4) is 0 Å². The molecule has 2 aromatic heterocycles. The molecule has 8 nitrogen and oxygen atoms in total. The maximum absolute atomic E-state index is 11.8. The average molecular weight is 411 g/mol. The van der Waals surface area contributed by atoms with Gasteiger partial charge in [0.05, 0.1) is 28.9 Å². The topological polar surface area (TPSA) is 120 Å². The van der Waals surface area contributed by atoms with Gasteiger partial charge in [-0.15, -0.1) is 0 Å². The number of nitrogens with zero attached hydrogens (tertiary/aromatic N) is 5. The van der Waals surface area contributed by atoms with Crippen molar-refractivity contribution in [2.45, 2.75) is 32.9 Å². The third-order valence-corrected chi connectivity index (χ3v) is 4.90. The first-order valence-electron chi connectivity index (χ1n) is 8.97. The van der Waals surface area contributed by atoms with Crippen LogP contribution in [0.4, 0.5) is 0 Å². The second-order valence-electron chi connectivity index (χ2n) is 6.57. The third-order valence-electron chi connectivity index (χ3n) is 4.59. The number of hydrogen-bond acceptors (Lipinski definition) is 5. The Morgan fingerprint density at radius 2 is 2.03 bits per heavy atom. The van der Waals surface area contributed by atoms with Gasteiger partial charge in [-0.25, -0.2) is 0 Å². The van der Waals surface area contributed by atoms with Crippen molar-refractivity contribution in [3.05, 3.63) is 58.5 Å². The molecule has 2 heterocycles. The first-order chi connectivity index (χ1) is 13.8. The highest BCUT2D eigenvalue weighted by Gasteiger charge is 2.21. The average Bonchev–Trinajstić information content (AvgIpc) is 3.33. The lowest BCUT2D eigenvalue weighted by Gasteiger charge is -2.17. The Hall–Kier alpha value is -3.44. The molecule has 1 atom stereocenters. The molecule has 2 N–H and O–H groups in total. The fourth-order valence-corrected chi connectivity index (χ4v) is 3.23. The number of ketones is 1. The number of carbonyl (C=O) groups excluding carboxylic acids is 2. The number of carbonyl (C=O) groups is 2. The first-order valence-corrected chi connectivity index (χ1v) is 9.35. The normalized spacial score (nSPS) is 11.8. The number of benzene rings is 1. The number of amides is 1. The number of nitriles is 1. The van der Waals surface area contributed by atoms with E-state index in [9.17, 15) is 9.59 Å². The summed E-state index contributed by atoms with van der Waals surface area (Å²) in [6.07, 6.45) is 2.46. The van der Waals surface area contributed by atoms with Crippen molar-refractivity contribution in [3.8, 4) is 17.3 Å². The van der Waals surface area contributed by atoms with Gasteiger partial charge in [0.15, 0.2) is 5.78 Å². The predicted octanol–water partition coefficient (Wildman–Crippen LogP) is 3.22. The molecule has 29 heavy (non-hydrogen) atoms. The zero-order valence-corrected chi connectivity index (χ0v) is 16.7. The lowest BCUT2D eigenvalue weighted by atomic mass is 10.1. The van der Waals surface area contributed by atoms with Gasteiger partial charge < -0.3 is 5.73 Å². The molecule has 0 saturated carbocycles. The van der Waals surface area contributed by atoms with E-state index in [2.05, 4.69) is 10.2 Å². The molecule has 0 spiro atoms. The molecule has 3 rings (SSSR count). The Kier molecular flexibility index (Phi) is 5.80. The molecule has 1 aromatic carbocycles. The van der Waals surface area contributed by atoms with Crippen molar-refractivity contribution < 1.29 is 9.59 Å². The molecule has 9 heteroatoms. The van der Waals surface area contributed by atoms with Crippen molar-refractivity contribution in [3.63, 3.8) is 0 Å². The van der Waals surface area contributed by atoms with Crippen LogP contribution in [0.15, 0.2) is 36.5 Å². The van der Waals surface area contributed by atoms with Crippen LogP contribution in [-0.2, 0) is 6.54 Å². The molecule has 148 valence electrons. The SMILES string of the molecule is CC[C@@H](Cn1ccc(-c2ccc(C#N)c(Cl)c2)n1)n1nc(C(C)=O)cc1C(N)=O. The summed E-state index contributed by atoms with van der Waals surface area (Å²) in [4.78, 5) is 23.5. The maximum Gasteiger partial charge on any atom is 0.267 e. The number of hydrogen-bond donors (Lipinski definition) is 1. The third kappa shape index (κ3) is 4.20. The maximum atomic E-state index is 11.8. The first kappa shape index (κ1) is 20.3. The number of nitrogens with two attached hydrogens (primary N) is 1. The van der Waals surface area contributed by atoms with Gasteiger partial charge in [-0.3, -0.25) is 19.0 Å². The Morgan fingerprint density at radius 3 is 2.62 bits per heavy atom. The minimum absolute atomic E-state index is 0.188. The summed E-state index contributed by atoms with van der Waals surface area (Å²) in [7, 11) is 0. The van der Waals surface area contributed by atoms with Crippen LogP contribution in [0.1, 0.15) is 52.9 Å². The van der Waals surface area contributed by atoms with Crippen LogP contribution in [-0.4, -0.2) is 31.3 Å². The van der Waals surface area contributed by atoms with Crippen molar-refractivity contribution in [1.82, 2.24) is 19.6 Å². The molecule has 0 bridgehead atoms. The number of aromatic nitrogens is 4. The molecule has 0 radical (unpaired) electrons. The Morgan fingerprint density at radius 1 is 1.28 bits per heavy atom. The van der Waals surface area contributed by atoms with E-state index < -0.39 is 5.91 Å². The lowest BCUT2D eigenvalue weighted by Crippen LogP contribution is -2.24. The monoisotopic (exact) mass is 410 g/mol. The predicted molar refractivity (Wildman–Crippen MR) is 107 cm³/mol. The van der Waals surface area contributed by atoms with Crippen LogP contribution in [0, 0.1) is 11.3 Å². The van der Waals surface area contributed by atoms with Crippen molar-refractivity contribution in [2.24, 2.45) is 5.73 Å². The molecule has 0 aliphatic rings. The largest absolute Gasteiger partial charge is 0.364 e. The molecule has 0 aliphatic heterocycles. The summed E-state index contributed by atoms with van der Waals surface area (Å²) in [5.41, 5.74) is 7.74. The fraction of sp³-hybridized carbons (Fsp3) is 0.250. The van der Waals surface area contributed by atoms with E-state index in [1.165, 1.54) is 17.7 Å². The number of rotatable bonds is 7. The molecule has 0 unspecified atom stereocenters. The van der Waals surface area contributed by atoms with Gasteiger partial charge in [0.25, 0.3) is 5.91 Å². The molecular weight excluding hydrogens is 392 g/mol. The van der Waals surface area contributed by atoms with E-state index in [-0.39, 0.29) is 23.2 Å². The van der Waals surface area contributed by atoms with Crippen molar-refractivity contribution >= 4 is 23.3 Å². The summed E-state index contributed by atoms with van der Waals surface area (Å²) in [6, 6.07) is 10.2.